The van der Waals surface area contributed by atoms with Gasteiger partial charge in [-0.2, -0.15) is 13.2 Å². The Hall–Kier alpha value is -3.36. The largest absolute Gasteiger partial charge is 0.496 e. The number of nitrogens with zero attached hydrogens (tertiary/aromatic N) is 1. The number of anilines is 1. The van der Waals surface area contributed by atoms with Crippen LogP contribution in [0.1, 0.15) is 36.6 Å². The maximum atomic E-state index is 13.2. The zero-order valence-electron chi connectivity index (χ0n) is 13.3. The number of amides is 3. The summed E-state index contributed by atoms with van der Waals surface area (Å²) >= 11 is 0. The van der Waals surface area contributed by atoms with Crippen molar-refractivity contribution < 1.29 is 32.3 Å². The zero-order chi connectivity index (χ0) is 19.2. The van der Waals surface area contributed by atoms with E-state index in [9.17, 15) is 27.6 Å². The number of alkyl halides is 3. The van der Waals surface area contributed by atoms with Crippen LogP contribution in [0.2, 0.25) is 0 Å². The summed E-state index contributed by atoms with van der Waals surface area (Å²) < 4.78 is 44.3. The minimum Gasteiger partial charge on any atom is -0.496 e. The highest BCUT2D eigenvalue weighted by molar-refractivity contribution is 6.36. The summed E-state index contributed by atoms with van der Waals surface area (Å²) in [5.41, 5.74) is 3.28. The van der Waals surface area contributed by atoms with Crippen LogP contribution in [0.4, 0.5) is 18.9 Å². The normalized spacial score (nSPS) is 13.8. The minimum absolute atomic E-state index is 0.101. The second kappa shape index (κ2) is 5.87. The SMILES string of the molecule is COc1ccc(N2C(=O)c3cccc(C(N)=O)c3C2=O)cc1C(F)(F)F. The molecule has 2 aromatic carbocycles. The molecule has 1 heterocycles. The summed E-state index contributed by atoms with van der Waals surface area (Å²) in [5.74, 6) is -3.13. The summed E-state index contributed by atoms with van der Waals surface area (Å²) in [6.07, 6.45) is -4.75. The van der Waals surface area contributed by atoms with E-state index < -0.39 is 35.2 Å². The molecule has 1 aliphatic rings. The Bertz CT molecular complexity index is 954. The van der Waals surface area contributed by atoms with E-state index in [1.165, 1.54) is 18.2 Å². The van der Waals surface area contributed by atoms with Gasteiger partial charge in [0.1, 0.15) is 5.75 Å². The number of carbonyl (C=O) groups is 3. The Balaban J connectivity index is 2.15. The highest BCUT2D eigenvalue weighted by atomic mass is 19.4. The number of hydrogen-bond donors (Lipinski definition) is 1. The second-order valence-corrected chi connectivity index (χ2v) is 5.42. The summed E-state index contributed by atoms with van der Waals surface area (Å²) in [7, 11) is 1.07. The van der Waals surface area contributed by atoms with Gasteiger partial charge < -0.3 is 10.5 Å². The molecule has 2 aromatic rings. The van der Waals surface area contributed by atoms with Gasteiger partial charge >= 0.3 is 6.18 Å². The van der Waals surface area contributed by atoms with E-state index in [0.29, 0.717) is 11.0 Å². The lowest BCUT2D eigenvalue weighted by Gasteiger charge is -2.18. The van der Waals surface area contributed by atoms with E-state index in [0.717, 1.165) is 19.2 Å². The van der Waals surface area contributed by atoms with Gasteiger partial charge in [0, 0.05) is 0 Å². The molecule has 3 rings (SSSR count). The van der Waals surface area contributed by atoms with Gasteiger partial charge in [-0.25, -0.2) is 4.90 Å². The molecule has 9 heteroatoms. The fraction of sp³-hybridized carbons (Fsp3) is 0.118. The van der Waals surface area contributed by atoms with E-state index in [2.05, 4.69) is 4.74 Å². The van der Waals surface area contributed by atoms with Gasteiger partial charge in [0.2, 0.25) is 5.91 Å². The summed E-state index contributed by atoms with van der Waals surface area (Å²) in [6, 6.07) is 6.74. The Labute approximate surface area is 145 Å². The van der Waals surface area contributed by atoms with E-state index in [1.807, 2.05) is 0 Å². The van der Waals surface area contributed by atoms with Crippen molar-refractivity contribution in [1.82, 2.24) is 0 Å². The Morgan fingerprint density at radius 2 is 1.81 bits per heavy atom. The quantitative estimate of drug-likeness (QED) is 0.848. The van der Waals surface area contributed by atoms with Crippen LogP contribution in [0.25, 0.3) is 0 Å². The van der Waals surface area contributed by atoms with Crippen LogP contribution in [0.3, 0.4) is 0 Å². The third kappa shape index (κ3) is 2.57. The van der Waals surface area contributed by atoms with Crippen molar-refractivity contribution in [3.8, 4) is 5.75 Å². The lowest BCUT2D eigenvalue weighted by molar-refractivity contribution is -0.138. The lowest BCUT2D eigenvalue weighted by atomic mass is 10.0. The molecule has 0 spiro atoms. The standard InChI is InChI=1S/C17H11F3N2O4/c1-26-12-6-5-8(7-11(12)17(18,19)20)22-15(24)10-4-2-3-9(14(21)23)13(10)16(22)25/h2-7H,1H3,(H2,21,23). The topological polar surface area (TPSA) is 89.7 Å². The predicted molar refractivity (Wildman–Crippen MR) is 84.1 cm³/mol. The fourth-order valence-electron chi connectivity index (χ4n) is 2.78. The molecule has 26 heavy (non-hydrogen) atoms. The molecular formula is C17H11F3N2O4. The van der Waals surface area contributed by atoms with Gasteiger partial charge in [0.25, 0.3) is 11.8 Å². The molecule has 134 valence electrons. The molecular weight excluding hydrogens is 353 g/mol. The summed E-state index contributed by atoms with van der Waals surface area (Å²) in [6.45, 7) is 0. The van der Waals surface area contributed by atoms with Gasteiger partial charge in [-0.1, -0.05) is 6.07 Å². The third-order valence-electron chi connectivity index (χ3n) is 3.93. The highest BCUT2D eigenvalue weighted by Gasteiger charge is 2.41. The first-order valence-corrected chi connectivity index (χ1v) is 7.23. The summed E-state index contributed by atoms with van der Waals surface area (Å²) in [5, 5.41) is 0. The number of hydrogen-bond acceptors (Lipinski definition) is 4. The van der Waals surface area contributed by atoms with Crippen LogP contribution < -0.4 is 15.4 Å². The van der Waals surface area contributed by atoms with Crippen LogP contribution >= 0.6 is 0 Å². The molecule has 0 radical (unpaired) electrons. The molecule has 0 saturated heterocycles. The number of methoxy groups -OCH3 is 1. The van der Waals surface area contributed by atoms with E-state index >= 15 is 0 Å². The number of benzene rings is 2. The average molecular weight is 364 g/mol. The van der Waals surface area contributed by atoms with Crippen molar-refractivity contribution in [1.29, 1.82) is 0 Å². The molecule has 0 saturated carbocycles. The van der Waals surface area contributed by atoms with Crippen molar-refractivity contribution in [3.63, 3.8) is 0 Å². The van der Waals surface area contributed by atoms with Crippen molar-refractivity contribution >= 4 is 23.4 Å². The van der Waals surface area contributed by atoms with E-state index in [1.54, 1.807) is 0 Å². The highest BCUT2D eigenvalue weighted by Crippen LogP contribution is 2.40. The van der Waals surface area contributed by atoms with Crippen LogP contribution in [0.15, 0.2) is 36.4 Å². The number of carbonyl (C=O) groups excluding carboxylic acids is 3. The first-order valence-electron chi connectivity index (χ1n) is 7.23. The van der Waals surface area contributed by atoms with Crippen LogP contribution in [-0.4, -0.2) is 24.8 Å². The molecule has 2 N–H and O–H groups in total. The fourth-order valence-corrected chi connectivity index (χ4v) is 2.78. The van der Waals surface area contributed by atoms with Crippen LogP contribution in [-0.2, 0) is 6.18 Å². The zero-order valence-corrected chi connectivity index (χ0v) is 13.3. The maximum Gasteiger partial charge on any atom is 0.420 e. The van der Waals surface area contributed by atoms with Crippen molar-refractivity contribution in [2.24, 2.45) is 5.73 Å². The number of primary amides is 1. The van der Waals surface area contributed by atoms with Crippen LogP contribution in [0.5, 0.6) is 5.75 Å². The third-order valence-corrected chi connectivity index (χ3v) is 3.93. The number of rotatable bonds is 3. The first-order chi connectivity index (χ1) is 12.2. The second-order valence-electron chi connectivity index (χ2n) is 5.42. The van der Waals surface area contributed by atoms with E-state index in [4.69, 9.17) is 5.73 Å². The van der Waals surface area contributed by atoms with Gasteiger partial charge in [0.05, 0.1) is 35.1 Å². The number of fused-ring (bicyclic) bond motifs is 1. The molecule has 0 unspecified atom stereocenters. The van der Waals surface area contributed by atoms with E-state index in [-0.39, 0.29) is 22.4 Å². The summed E-state index contributed by atoms with van der Waals surface area (Å²) in [4.78, 5) is 37.2. The molecule has 1 aliphatic heterocycles. The number of ether oxygens (including phenoxy) is 1. The van der Waals surface area contributed by atoms with Crippen molar-refractivity contribution in [3.05, 3.63) is 58.7 Å². The number of nitrogens with two attached hydrogens (primary N) is 1. The van der Waals surface area contributed by atoms with Gasteiger partial charge in [-0.3, -0.25) is 14.4 Å². The number of halogens is 3. The maximum absolute atomic E-state index is 13.2. The van der Waals surface area contributed by atoms with Gasteiger partial charge in [0.15, 0.2) is 0 Å². The molecule has 0 bridgehead atoms. The smallest absolute Gasteiger partial charge is 0.420 e. The van der Waals surface area contributed by atoms with Gasteiger partial charge in [-0.05, 0) is 30.3 Å². The first kappa shape index (κ1) is 17.5. The monoisotopic (exact) mass is 364 g/mol. The Morgan fingerprint density at radius 3 is 2.38 bits per heavy atom. The predicted octanol–water partition coefficient (Wildman–Crippen LogP) is 2.61. The van der Waals surface area contributed by atoms with Gasteiger partial charge in [-0.15, -0.1) is 0 Å². The molecule has 0 atom stereocenters. The van der Waals surface area contributed by atoms with Crippen molar-refractivity contribution in [2.45, 2.75) is 6.18 Å². The molecule has 3 amide bonds. The molecule has 6 nitrogen and oxygen atoms in total. The Kier molecular flexibility index (Phi) is 3.94. The molecule has 0 aromatic heterocycles. The Morgan fingerprint density at radius 1 is 1.12 bits per heavy atom. The number of imide groups is 1. The average Bonchev–Trinajstić information content (AvgIpc) is 2.84. The lowest BCUT2D eigenvalue weighted by Crippen LogP contribution is -2.30. The van der Waals surface area contributed by atoms with Crippen molar-refractivity contribution in [2.75, 3.05) is 12.0 Å². The molecule has 0 fully saturated rings. The minimum atomic E-state index is -4.75. The molecule has 0 aliphatic carbocycles. The van der Waals surface area contributed by atoms with Crippen LogP contribution in [0, 0.1) is 0 Å².